The molecular formula is C17H36N2. The van der Waals surface area contributed by atoms with E-state index in [0.717, 1.165) is 12.6 Å². The Bertz CT molecular complexity index is 255. The van der Waals surface area contributed by atoms with Gasteiger partial charge in [-0.15, -0.1) is 0 Å². The Labute approximate surface area is 121 Å². The van der Waals surface area contributed by atoms with Gasteiger partial charge in [0.1, 0.15) is 0 Å². The van der Waals surface area contributed by atoms with E-state index in [1.54, 1.807) is 0 Å². The summed E-state index contributed by atoms with van der Waals surface area (Å²) in [6, 6.07) is 1.37. The van der Waals surface area contributed by atoms with Gasteiger partial charge in [0.2, 0.25) is 0 Å². The van der Waals surface area contributed by atoms with Crippen molar-refractivity contribution in [1.29, 1.82) is 0 Å². The fraction of sp³-hybridized carbons (Fsp3) is 1.00. The summed E-state index contributed by atoms with van der Waals surface area (Å²) in [5, 5.41) is 3.67. The lowest BCUT2D eigenvalue weighted by Gasteiger charge is -2.42. The zero-order valence-electron chi connectivity index (χ0n) is 14.3. The fourth-order valence-corrected chi connectivity index (χ4v) is 3.15. The van der Waals surface area contributed by atoms with Crippen molar-refractivity contribution in [2.75, 3.05) is 20.1 Å². The van der Waals surface area contributed by atoms with Crippen LogP contribution in [0.2, 0.25) is 0 Å². The highest BCUT2D eigenvalue weighted by molar-refractivity contribution is 4.87. The maximum atomic E-state index is 3.67. The molecule has 1 aliphatic rings. The van der Waals surface area contributed by atoms with E-state index in [9.17, 15) is 0 Å². The van der Waals surface area contributed by atoms with Crippen LogP contribution >= 0.6 is 0 Å². The molecule has 0 bridgehead atoms. The van der Waals surface area contributed by atoms with Crippen molar-refractivity contribution in [1.82, 2.24) is 10.2 Å². The minimum atomic E-state index is 0.332. The van der Waals surface area contributed by atoms with Gasteiger partial charge in [-0.2, -0.15) is 0 Å². The topological polar surface area (TPSA) is 15.3 Å². The minimum Gasteiger partial charge on any atom is -0.312 e. The van der Waals surface area contributed by atoms with Gasteiger partial charge in [-0.25, -0.2) is 0 Å². The van der Waals surface area contributed by atoms with Crippen molar-refractivity contribution in [2.45, 2.75) is 79.3 Å². The molecule has 1 atom stereocenters. The molecule has 0 aliphatic heterocycles. The van der Waals surface area contributed by atoms with Crippen LogP contribution in [0.3, 0.4) is 0 Å². The number of nitrogens with one attached hydrogen (secondary N) is 1. The van der Waals surface area contributed by atoms with Crippen LogP contribution in [-0.4, -0.2) is 37.1 Å². The fourth-order valence-electron chi connectivity index (χ4n) is 3.15. The monoisotopic (exact) mass is 268 g/mol. The van der Waals surface area contributed by atoms with Gasteiger partial charge in [0.05, 0.1) is 0 Å². The van der Waals surface area contributed by atoms with Crippen molar-refractivity contribution in [2.24, 2.45) is 10.8 Å². The molecule has 0 aromatic rings. The third kappa shape index (κ3) is 5.43. The van der Waals surface area contributed by atoms with Crippen LogP contribution in [-0.2, 0) is 0 Å². The summed E-state index contributed by atoms with van der Waals surface area (Å²) in [6.07, 6.45) is 5.49. The molecule has 0 saturated heterocycles. The standard InChI is InChI=1S/C17H36N2/c1-8-18-15(16(2,3)4)13-19(7)14-9-11-17(5,6)12-10-14/h14-15,18H,8-13H2,1-7H3. The molecular weight excluding hydrogens is 232 g/mol. The van der Waals surface area contributed by atoms with Gasteiger partial charge in [-0.1, -0.05) is 41.5 Å². The summed E-state index contributed by atoms with van der Waals surface area (Å²) in [5.74, 6) is 0. The van der Waals surface area contributed by atoms with E-state index < -0.39 is 0 Å². The highest BCUT2D eigenvalue weighted by Crippen LogP contribution is 2.36. The molecule has 0 aromatic heterocycles. The summed E-state index contributed by atoms with van der Waals surface area (Å²) in [4.78, 5) is 2.60. The maximum absolute atomic E-state index is 3.67. The summed E-state index contributed by atoms with van der Waals surface area (Å²) >= 11 is 0. The Morgan fingerprint density at radius 3 is 2.16 bits per heavy atom. The van der Waals surface area contributed by atoms with Crippen LogP contribution in [0.1, 0.15) is 67.2 Å². The predicted molar refractivity (Wildman–Crippen MR) is 85.6 cm³/mol. The highest BCUT2D eigenvalue weighted by Gasteiger charge is 2.31. The first-order valence-corrected chi connectivity index (χ1v) is 8.09. The van der Waals surface area contributed by atoms with Gasteiger partial charge in [-0.3, -0.25) is 0 Å². The first-order valence-electron chi connectivity index (χ1n) is 8.09. The van der Waals surface area contributed by atoms with E-state index in [1.165, 1.54) is 32.2 Å². The smallest absolute Gasteiger partial charge is 0.0243 e. The van der Waals surface area contributed by atoms with E-state index >= 15 is 0 Å². The van der Waals surface area contributed by atoms with Crippen molar-refractivity contribution in [3.05, 3.63) is 0 Å². The average molecular weight is 268 g/mol. The zero-order chi connectivity index (χ0) is 14.7. The van der Waals surface area contributed by atoms with Crippen LogP contribution in [0.4, 0.5) is 0 Å². The molecule has 0 spiro atoms. The van der Waals surface area contributed by atoms with Gasteiger partial charge >= 0.3 is 0 Å². The van der Waals surface area contributed by atoms with Crippen molar-refractivity contribution >= 4 is 0 Å². The second-order valence-electron chi connectivity index (χ2n) is 8.31. The number of likely N-dealkylation sites (N-methyl/N-ethyl adjacent to an activating group) is 2. The van der Waals surface area contributed by atoms with E-state index in [4.69, 9.17) is 0 Å². The van der Waals surface area contributed by atoms with Crippen molar-refractivity contribution in [3.8, 4) is 0 Å². The SMILES string of the molecule is CCNC(CN(C)C1CCC(C)(C)CC1)C(C)(C)C. The second-order valence-corrected chi connectivity index (χ2v) is 8.31. The molecule has 0 aromatic carbocycles. The molecule has 1 fully saturated rings. The number of rotatable bonds is 5. The summed E-state index contributed by atoms with van der Waals surface area (Å²) in [6.45, 7) is 16.3. The molecule has 19 heavy (non-hydrogen) atoms. The Hall–Kier alpha value is -0.0800. The lowest BCUT2D eigenvalue weighted by atomic mass is 9.75. The molecule has 2 heteroatoms. The van der Waals surface area contributed by atoms with E-state index in [-0.39, 0.29) is 0 Å². The number of hydrogen-bond donors (Lipinski definition) is 1. The van der Waals surface area contributed by atoms with Gasteiger partial charge in [0.15, 0.2) is 0 Å². The van der Waals surface area contributed by atoms with Gasteiger partial charge in [-0.05, 0) is 50.1 Å². The third-order valence-electron chi connectivity index (χ3n) is 4.90. The molecule has 0 radical (unpaired) electrons. The van der Waals surface area contributed by atoms with Crippen molar-refractivity contribution in [3.63, 3.8) is 0 Å². The molecule has 1 unspecified atom stereocenters. The molecule has 1 saturated carbocycles. The lowest BCUT2D eigenvalue weighted by molar-refractivity contribution is 0.101. The lowest BCUT2D eigenvalue weighted by Crippen LogP contribution is -2.50. The summed E-state index contributed by atoms with van der Waals surface area (Å²) in [5.41, 5.74) is 0.903. The van der Waals surface area contributed by atoms with Crippen LogP contribution < -0.4 is 5.32 Å². The van der Waals surface area contributed by atoms with Crippen LogP contribution in [0.25, 0.3) is 0 Å². The van der Waals surface area contributed by atoms with E-state index in [1.807, 2.05) is 0 Å². The largest absolute Gasteiger partial charge is 0.312 e. The van der Waals surface area contributed by atoms with Gasteiger partial charge < -0.3 is 10.2 Å². The Morgan fingerprint density at radius 1 is 1.21 bits per heavy atom. The Balaban J connectivity index is 2.51. The average Bonchev–Trinajstić information content (AvgIpc) is 2.26. The van der Waals surface area contributed by atoms with E-state index in [0.29, 0.717) is 16.9 Å². The van der Waals surface area contributed by atoms with Crippen LogP contribution in [0, 0.1) is 10.8 Å². The normalized spacial score (nSPS) is 22.7. The molecule has 1 aliphatic carbocycles. The second kappa shape index (κ2) is 6.58. The molecule has 0 heterocycles. The van der Waals surface area contributed by atoms with E-state index in [2.05, 4.69) is 58.8 Å². The third-order valence-corrected chi connectivity index (χ3v) is 4.90. The Morgan fingerprint density at radius 2 is 1.74 bits per heavy atom. The quantitative estimate of drug-likeness (QED) is 0.813. The maximum Gasteiger partial charge on any atom is 0.0243 e. The summed E-state index contributed by atoms with van der Waals surface area (Å²) < 4.78 is 0. The number of hydrogen-bond acceptors (Lipinski definition) is 2. The Kier molecular flexibility index (Phi) is 5.88. The van der Waals surface area contributed by atoms with Gasteiger partial charge in [0.25, 0.3) is 0 Å². The molecule has 0 amide bonds. The first kappa shape index (κ1) is 17.0. The molecule has 1 N–H and O–H groups in total. The molecule has 2 nitrogen and oxygen atoms in total. The molecule has 114 valence electrons. The van der Waals surface area contributed by atoms with Crippen molar-refractivity contribution < 1.29 is 0 Å². The predicted octanol–water partition coefficient (Wildman–Crippen LogP) is 3.91. The first-order chi connectivity index (χ1) is 8.65. The van der Waals surface area contributed by atoms with Crippen LogP contribution in [0.15, 0.2) is 0 Å². The van der Waals surface area contributed by atoms with Crippen LogP contribution in [0.5, 0.6) is 0 Å². The number of nitrogens with zero attached hydrogens (tertiary/aromatic N) is 1. The zero-order valence-corrected chi connectivity index (χ0v) is 14.3. The highest BCUT2D eigenvalue weighted by atomic mass is 15.2. The molecule has 1 rings (SSSR count). The summed E-state index contributed by atoms with van der Waals surface area (Å²) in [7, 11) is 2.32. The van der Waals surface area contributed by atoms with Gasteiger partial charge in [0, 0.05) is 18.6 Å². The minimum absolute atomic E-state index is 0.332.